The Balaban J connectivity index is 1.47. The molecule has 2 aromatic rings. The SMILES string of the molecule is COCCOc1ccc(NC(=O)C2CCN(Cc3csc(C)n3)CC2)cc1F. The number of hydrogen-bond donors (Lipinski definition) is 1. The van der Waals surface area contributed by atoms with Gasteiger partial charge in [0.05, 0.1) is 17.3 Å². The van der Waals surface area contributed by atoms with E-state index < -0.39 is 5.82 Å². The minimum Gasteiger partial charge on any atom is -0.488 e. The molecule has 2 heterocycles. The minimum absolute atomic E-state index is 0.0587. The van der Waals surface area contributed by atoms with Gasteiger partial charge in [0.15, 0.2) is 11.6 Å². The minimum atomic E-state index is -0.498. The van der Waals surface area contributed by atoms with Crippen molar-refractivity contribution in [2.75, 3.05) is 38.7 Å². The van der Waals surface area contributed by atoms with Gasteiger partial charge in [-0.05, 0) is 45.0 Å². The molecule has 1 aliphatic rings. The summed E-state index contributed by atoms with van der Waals surface area (Å²) in [6.45, 7) is 5.21. The lowest BCUT2D eigenvalue weighted by Crippen LogP contribution is -2.37. The zero-order valence-electron chi connectivity index (χ0n) is 16.2. The molecule has 0 atom stereocenters. The van der Waals surface area contributed by atoms with Gasteiger partial charge >= 0.3 is 0 Å². The summed E-state index contributed by atoms with van der Waals surface area (Å²) in [5, 5.41) is 5.99. The van der Waals surface area contributed by atoms with E-state index in [1.807, 2.05) is 6.92 Å². The molecule has 28 heavy (non-hydrogen) atoms. The number of hydrogen-bond acceptors (Lipinski definition) is 6. The van der Waals surface area contributed by atoms with E-state index in [1.165, 1.54) is 12.1 Å². The zero-order chi connectivity index (χ0) is 19.9. The Labute approximate surface area is 168 Å². The maximum absolute atomic E-state index is 14.1. The molecule has 1 N–H and O–H groups in total. The van der Waals surface area contributed by atoms with Crippen LogP contribution in [0.1, 0.15) is 23.5 Å². The number of carbonyl (C=O) groups excluding carboxylic acids is 1. The van der Waals surface area contributed by atoms with Crippen molar-refractivity contribution in [1.82, 2.24) is 9.88 Å². The van der Waals surface area contributed by atoms with E-state index in [1.54, 1.807) is 24.5 Å². The van der Waals surface area contributed by atoms with Crippen molar-refractivity contribution in [3.63, 3.8) is 0 Å². The van der Waals surface area contributed by atoms with Crippen LogP contribution >= 0.6 is 11.3 Å². The van der Waals surface area contributed by atoms with E-state index in [4.69, 9.17) is 9.47 Å². The van der Waals surface area contributed by atoms with Crippen LogP contribution < -0.4 is 10.1 Å². The highest BCUT2D eigenvalue weighted by molar-refractivity contribution is 7.09. The quantitative estimate of drug-likeness (QED) is 0.679. The smallest absolute Gasteiger partial charge is 0.227 e. The van der Waals surface area contributed by atoms with Gasteiger partial charge in [-0.1, -0.05) is 0 Å². The van der Waals surface area contributed by atoms with E-state index in [0.29, 0.717) is 12.3 Å². The molecule has 0 unspecified atom stereocenters. The van der Waals surface area contributed by atoms with Gasteiger partial charge in [0.2, 0.25) is 5.91 Å². The summed E-state index contributed by atoms with van der Waals surface area (Å²) in [5.41, 5.74) is 1.54. The van der Waals surface area contributed by atoms with E-state index in [9.17, 15) is 9.18 Å². The van der Waals surface area contributed by atoms with Crippen LogP contribution in [0.5, 0.6) is 5.75 Å². The molecule has 6 nitrogen and oxygen atoms in total. The third-order valence-electron chi connectivity index (χ3n) is 4.75. The first-order valence-electron chi connectivity index (χ1n) is 9.40. The number of nitrogens with zero attached hydrogens (tertiary/aromatic N) is 2. The van der Waals surface area contributed by atoms with Crippen LogP contribution in [-0.2, 0) is 16.1 Å². The van der Waals surface area contributed by atoms with Gasteiger partial charge in [0.25, 0.3) is 0 Å². The van der Waals surface area contributed by atoms with Gasteiger partial charge < -0.3 is 14.8 Å². The molecule has 0 radical (unpaired) electrons. The summed E-state index contributed by atoms with van der Waals surface area (Å²) in [6.07, 6.45) is 1.57. The van der Waals surface area contributed by atoms with Crippen LogP contribution in [0.4, 0.5) is 10.1 Å². The van der Waals surface area contributed by atoms with Gasteiger partial charge in [-0.2, -0.15) is 0 Å². The Morgan fingerprint density at radius 2 is 2.14 bits per heavy atom. The van der Waals surface area contributed by atoms with Crippen LogP contribution in [0.15, 0.2) is 23.6 Å². The third kappa shape index (κ3) is 5.73. The highest BCUT2D eigenvalue weighted by Crippen LogP contribution is 2.24. The van der Waals surface area contributed by atoms with Gasteiger partial charge in [-0.3, -0.25) is 9.69 Å². The van der Waals surface area contributed by atoms with Crippen LogP contribution in [0.2, 0.25) is 0 Å². The number of halogens is 1. The van der Waals surface area contributed by atoms with Gasteiger partial charge in [-0.25, -0.2) is 9.37 Å². The van der Waals surface area contributed by atoms with Crippen LogP contribution in [0, 0.1) is 18.7 Å². The fourth-order valence-electron chi connectivity index (χ4n) is 3.24. The van der Waals surface area contributed by atoms with Crippen LogP contribution in [0.25, 0.3) is 0 Å². The predicted octanol–water partition coefficient (Wildman–Crippen LogP) is 3.47. The molecule has 1 aliphatic heterocycles. The summed E-state index contributed by atoms with van der Waals surface area (Å²) in [7, 11) is 1.56. The maximum atomic E-state index is 14.1. The number of anilines is 1. The highest BCUT2D eigenvalue weighted by atomic mass is 32.1. The molecule has 0 spiro atoms. The highest BCUT2D eigenvalue weighted by Gasteiger charge is 2.25. The number of amides is 1. The van der Waals surface area contributed by atoms with Crippen LogP contribution in [0.3, 0.4) is 0 Å². The summed E-state index contributed by atoms with van der Waals surface area (Å²) in [6, 6.07) is 4.47. The summed E-state index contributed by atoms with van der Waals surface area (Å²) >= 11 is 1.66. The van der Waals surface area contributed by atoms with Crippen molar-refractivity contribution >= 4 is 22.9 Å². The molecule has 1 saturated heterocycles. The molecule has 1 amide bonds. The van der Waals surface area contributed by atoms with Crippen molar-refractivity contribution in [2.45, 2.75) is 26.3 Å². The predicted molar refractivity (Wildman–Crippen MR) is 107 cm³/mol. The molecule has 0 saturated carbocycles. The van der Waals surface area contributed by atoms with E-state index in [-0.39, 0.29) is 24.2 Å². The first-order valence-corrected chi connectivity index (χ1v) is 10.3. The molecule has 152 valence electrons. The second kappa shape index (κ2) is 9.95. The molecule has 0 aliphatic carbocycles. The van der Waals surface area contributed by atoms with E-state index in [2.05, 4.69) is 20.6 Å². The number of nitrogens with one attached hydrogen (secondary N) is 1. The number of likely N-dealkylation sites (tertiary alicyclic amines) is 1. The third-order valence-corrected chi connectivity index (χ3v) is 5.58. The largest absolute Gasteiger partial charge is 0.488 e. The van der Waals surface area contributed by atoms with Crippen molar-refractivity contribution in [3.8, 4) is 5.75 Å². The molecular weight excluding hydrogens is 381 g/mol. The summed E-state index contributed by atoms with van der Waals surface area (Å²) < 4.78 is 24.3. The number of thiazole rings is 1. The summed E-state index contributed by atoms with van der Waals surface area (Å²) in [4.78, 5) is 19.4. The molecule has 3 rings (SSSR count). The van der Waals surface area contributed by atoms with Gasteiger partial charge in [0, 0.05) is 36.7 Å². The topological polar surface area (TPSA) is 63.7 Å². The lowest BCUT2D eigenvalue weighted by molar-refractivity contribution is -0.121. The number of benzene rings is 1. The summed E-state index contributed by atoms with van der Waals surface area (Å²) in [5.74, 6) is -0.464. The number of methoxy groups -OCH3 is 1. The van der Waals surface area contributed by atoms with Crippen molar-refractivity contribution in [3.05, 3.63) is 40.1 Å². The molecular formula is C20H26FN3O3S. The second-order valence-electron chi connectivity index (χ2n) is 6.88. The fourth-order valence-corrected chi connectivity index (χ4v) is 3.84. The Bertz CT molecular complexity index is 791. The number of aryl methyl sites for hydroxylation is 1. The Hall–Kier alpha value is -2.03. The Morgan fingerprint density at radius 3 is 2.79 bits per heavy atom. The first-order chi connectivity index (χ1) is 13.5. The second-order valence-corrected chi connectivity index (χ2v) is 7.95. The van der Waals surface area contributed by atoms with Crippen molar-refractivity contribution < 1.29 is 18.7 Å². The maximum Gasteiger partial charge on any atom is 0.227 e. The molecule has 1 aromatic heterocycles. The molecule has 1 aromatic carbocycles. The normalized spacial score (nSPS) is 15.5. The Kier molecular flexibility index (Phi) is 7.36. The number of aromatic nitrogens is 1. The first kappa shape index (κ1) is 20.7. The lowest BCUT2D eigenvalue weighted by Gasteiger charge is -2.30. The Morgan fingerprint density at radius 1 is 1.36 bits per heavy atom. The van der Waals surface area contributed by atoms with E-state index >= 15 is 0 Å². The number of piperidine rings is 1. The fraction of sp³-hybridized carbons (Fsp3) is 0.500. The molecule has 1 fully saturated rings. The average Bonchev–Trinajstić information content (AvgIpc) is 3.09. The monoisotopic (exact) mass is 407 g/mol. The van der Waals surface area contributed by atoms with Gasteiger partial charge in [0.1, 0.15) is 6.61 Å². The number of carbonyl (C=O) groups is 1. The van der Waals surface area contributed by atoms with Gasteiger partial charge in [-0.15, -0.1) is 11.3 Å². The van der Waals surface area contributed by atoms with Crippen molar-refractivity contribution in [2.24, 2.45) is 5.92 Å². The number of rotatable bonds is 8. The zero-order valence-corrected chi connectivity index (χ0v) is 17.1. The lowest BCUT2D eigenvalue weighted by atomic mass is 9.95. The molecule has 8 heteroatoms. The molecule has 0 bridgehead atoms. The van der Waals surface area contributed by atoms with Crippen LogP contribution in [-0.4, -0.2) is 49.2 Å². The van der Waals surface area contributed by atoms with E-state index in [0.717, 1.165) is 43.2 Å². The van der Waals surface area contributed by atoms with Crippen molar-refractivity contribution in [1.29, 1.82) is 0 Å². The average molecular weight is 408 g/mol. The number of ether oxygens (including phenoxy) is 2. The standard InChI is InChI=1S/C20H26FN3O3S/c1-14-22-17(13-28-14)12-24-7-5-15(6-8-24)20(25)23-16-3-4-19(18(21)11-16)27-10-9-26-2/h3-4,11,13,15H,5-10,12H2,1-2H3,(H,23,25).